The van der Waals surface area contributed by atoms with Crippen LogP contribution in [0.3, 0.4) is 0 Å². The van der Waals surface area contributed by atoms with E-state index in [1.807, 2.05) is 6.07 Å². The summed E-state index contributed by atoms with van der Waals surface area (Å²) in [5.74, 6) is 0.591. The first-order valence-electron chi connectivity index (χ1n) is 4.73. The summed E-state index contributed by atoms with van der Waals surface area (Å²) in [6.07, 6.45) is 3.22. The second kappa shape index (κ2) is 4.92. The van der Waals surface area contributed by atoms with E-state index >= 15 is 0 Å². The zero-order chi connectivity index (χ0) is 11.4. The van der Waals surface area contributed by atoms with Crippen LogP contribution in [-0.2, 0) is 6.54 Å². The molecule has 5 heteroatoms. The van der Waals surface area contributed by atoms with E-state index < -0.39 is 0 Å². The number of hydrogen-bond acceptors (Lipinski definition) is 4. The number of aromatic nitrogens is 2. The molecule has 0 fully saturated rings. The predicted molar refractivity (Wildman–Crippen MR) is 61.4 cm³/mol. The first-order valence-corrected chi connectivity index (χ1v) is 5.11. The average molecular weight is 236 g/mol. The second-order valence-electron chi connectivity index (χ2n) is 3.09. The molecule has 0 saturated carbocycles. The largest absolute Gasteiger partial charge is 0.424 e. The van der Waals surface area contributed by atoms with Crippen molar-refractivity contribution in [3.8, 4) is 11.8 Å². The Kier molecular flexibility index (Phi) is 3.34. The van der Waals surface area contributed by atoms with E-state index in [9.17, 15) is 0 Å². The Morgan fingerprint density at radius 1 is 1.25 bits per heavy atom. The fraction of sp³-hybridized carbons (Fsp3) is 0.0909. The lowest BCUT2D eigenvalue weighted by Crippen LogP contribution is -1.97. The molecule has 1 heterocycles. The van der Waals surface area contributed by atoms with Gasteiger partial charge in [0.2, 0.25) is 0 Å². The van der Waals surface area contributed by atoms with Crippen LogP contribution in [0.1, 0.15) is 5.56 Å². The maximum absolute atomic E-state index is 5.99. The summed E-state index contributed by atoms with van der Waals surface area (Å²) in [6, 6.07) is 7.31. The van der Waals surface area contributed by atoms with Gasteiger partial charge >= 0.3 is 6.01 Å². The minimum absolute atomic E-state index is 0.291. The molecule has 0 unspecified atom stereocenters. The van der Waals surface area contributed by atoms with Crippen LogP contribution in [0.25, 0.3) is 0 Å². The number of hydrogen-bond donors (Lipinski definition) is 1. The summed E-state index contributed by atoms with van der Waals surface area (Å²) < 4.78 is 5.41. The number of nitrogens with zero attached hydrogens (tertiary/aromatic N) is 2. The van der Waals surface area contributed by atoms with Gasteiger partial charge < -0.3 is 10.5 Å². The van der Waals surface area contributed by atoms with Crippen LogP contribution in [0.5, 0.6) is 11.8 Å². The Balaban J connectivity index is 2.20. The van der Waals surface area contributed by atoms with Crippen molar-refractivity contribution < 1.29 is 4.74 Å². The standard InChI is InChI=1S/C11H10ClN3O/c12-10-6-9(3-2-8(10)7-13)16-11-14-4-1-5-15-11/h1-6H,7,13H2. The molecule has 0 aliphatic heterocycles. The molecule has 0 aliphatic rings. The maximum atomic E-state index is 5.99. The number of benzene rings is 1. The Morgan fingerprint density at radius 2 is 2.00 bits per heavy atom. The smallest absolute Gasteiger partial charge is 0.321 e. The van der Waals surface area contributed by atoms with E-state index in [-0.39, 0.29) is 0 Å². The molecule has 1 aromatic heterocycles. The number of ether oxygens (including phenoxy) is 1. The van der Waals surface area contributed by atoms with Crippen molar-refractivity contribution in [2.45, 2.75) is 6.54 Å². The third kappa shape index (κ3) is 2.48. The van der Waals surface area contributed by atoms with E-state index in [0.29, 0.717) is 23.3 Å². The van der Waals surface area contributed by atoms with Crippen LogP contribution in [-0.4, -0.2) is 9.97 Å². The highest BCUT2D eigenvalue weighted by molar-refractivity contribution is 6.31. The third-order valence-corrected chi connectivity index (χ3v) is 2.35. The van der Waals surface area contributed by atoms with Crippen LogP contribution in [0.2, 0.25) is 5.02 Å². The molecule has 2 aromatic rings. The number of nitrogens with two attached hydrogens (primary N) is 1. The molecule has 0 atom stereocenters. The number of rotatable bonds is 3. The van der Waals surface area contributed by atoms with E-state index in [4.69, 9.17) is 22.1 Å². The van der Waals surface area contributed by atoms with Gasteiger partial charge in [-0.05, 0) is 23.8 Å². The van der Waals surface area contributed by atoms with Gasteiger partial charge in [-0.25, -0.2) is 9.97 Å². The summed E-state index contributed by atoms with van der Waals surface area (Å²) >= 11 is 5.99. The van der Waals surface area contributed by atoms with E-state index in [1.54, 1.807) is 30.6 Å². The number of halogens is 1. The van der Waals surface area contributed by atoms with Gasteiger partial charge in [0.15, 0.2) is 0 Å². The van der Waals surface area contributed by atoms with Gasteiger partial charge in [0, 0.05) is 24.0 Å². The van der Waals surface area contributed by atoms with Gasteiger partial charge in [-0.3, -0.25) is 0 Å². The van der Waals surface area contributed by atoms with Crippen molar-refractivity contribution in [1.82, 2.24) is 9.97 Å². The highest BCUT2D eigenvalue weighted by atomic mass is 35.5. The molecule has 2 rings (SSSR count). The highest BCUT2D eigenvalue weighted by Crippen LogP contribution is 2.24. The summed E-state index contributed by atoms with van der Waals surface area (Å²) in [4.78, 5) is 7.89. The van der Waals surface area contributed by atoms with Gasteiger partial charge in [0.25, 0.3) is 0 Å². The van der Waals surface area contributed by atoms with Gasteiger partial charge in [0.05, 0.1) is 0 Å². The first kappa shape index (κ1) is 10.9. The molecule has 0 radical (unpaired) electrons. The van der Waals surface area contributed by atoms with Crippen LogP contribution >= 0.6 is 11.6 Å². The molecule has 16 heavy (non-hydrogen) atoms. The van der Waals surface area contributed by atoms with Crippen molar-refractivity contribution in [3.05, 3.63) is 47.2 Å². The third-order valence-electron chi connectivity index (χ3n) is 2.00. The van der Waals surface area contributed by atoms with E-state index in [0.717, 1.165) is 5.56 Å². The molecular weight excluding hydrogens is 226 g/mol. The van der Waals surface area contributed by atoms with Gasteiger partial charge in [-0.15, -0.1) is 0 Å². The molecule has 0 aliphatic carbocycles. The lowest BCUT2D eigenvalue weighted by atomic mass is 10.2. The molecule has 0 bridgehead atoms. The van der Waals surface area contributed by atoms with Crippen LogP contribution in [0, 0.1) is 0 Å². The Bertz CT molecular complexity index is 476. The molecule has 0 amide bonds. The summed E-state index contributed by atoms with van der Waals surface area (Å²) in [7, 11) is 0. The lowest BCUT2D eigenvalue weighted by Gasteiger charge is -2.05. The van der Waals surface area contributed by atoms with Crippen LogP contribution in [0.4, 0.5) is 0 Å². The van der Waals surface area contributed by atoms with Crippen molar-refractivity contribution >= 4 is 11.6 Å². The van der Waals surface area contributed by atoms with Gasteiger partial charge in [0.1, 0.15) is 5.75 Å². The van der Waals surface area contributed by atoms with Crippen molar-refractivity contribution in [1.29, 1.82) is 0 Å². The molecular formula is C11H10ClN3O. The summed E-state index contributed by atoms with van der Waals surface area (Å²) in [5, 5.41) is 0.580. The van der Waals surface area contributed by atoms with Crippen LogP contribution in [0.15, 0.2) is 36.7 Å². The Labute approximate surface area is 98.0 Å². The molecule has 2 N–H and O–H groups in total. The van der Waals surface area contributed by atoms with E-state index in [1.165, 1.54) is 0 Å². The highest BCUT2D eigenvalue weighted by Gasteiger charge is 2.03. The zero-order valence-electron chi connectivity index (χ0n) is 8.43. The van der Waals surface area contributed by atoms with Crippen molar-refractivity contribution in [3.63, 3.8) is 0 Å². The molecule has 82 valence electrons. The predicted octanol–water partition coefficient (Wildman–Crippen LogP) is 2.38. The summed E-state index contributed by atoms with van der Waals surface area (Å²) in [6.45, 7) is 0.404. The zero-order valence-corrected chi connectivity index (χ0v) is 9.19. The van der Waals surface area contributed by atoms with Crippen molar-refractivity contribution in [2.24, 2.45) is 5.73 Å². The SMILES string of the molecule is NCc1ccc(Oc2ncccn2)cc1Cl. The second-order valence-corrected chi connectivity index (χ2v) is 3.50. The topological polar surface area (TPSA) is 61.0 Å². The van der Waals surface area contributed by atoms with Gasteiger partial charge in [-0.1, -0.05) is 17.7 Å². The van der Waals surface area contributed by atoms with Crippen molar-refractivity contribution in [2.75, 3.05) is 0 Å². The Morgan fingerprint density at radius 3 is 2.62 bits per heavy atom. The normalized spacial score (nSPS) is 10.1. The van der Waals surface area contributed by atoms with Gasteiger partial charge in [-0.2, -0.15) is 0 Å². The average Bonchev–Trinajstić information content (AvgIpc) is 2.31. The first-order chi connectivity index (χ1) is 7.79. The lowest BCUT2D eigenvalue weighted by molar-refractivity contribution is 0.441. The maximum Gasteiger partial charge on any atom is 0.321 e. The minimum Gasteiger partial charge on any atom is -0.424 e. The molecule has 1 aromatic carbocycles. The fourth-order valence-electron chi connectivity index (χ4n) is 1.20. The quantitative estimate of drug-likeness (QED) is 0.887. The monoisotopic (exact) mass is 235 g/mol. The molecule has 0 spiro atoms. The summed E-state index contributed by atoms with van der Waals surface area (Å²) in [5.41, 5.74) is 6.38. The molecule has 0 saturated heterocycles. The Hall–Kier alpha value is -1.65. The molecule has 4 nitrogen and oxygen atoms in total. The van der Waals surface area contributed by atoms with Crippen LogP contribution < -0.4 is 10.5 Å². The minimum atomic E-state index is 0.291. The van der Waals surface area contributed by atoms with E-state index in [2.05, 4.69) is 9.97 Å². The fourth-order valence-corrected chi connectivity index (χ4v) is 1.45.